The number of hydrogen-bond acceptors (Lipinski definition) is 5. The number of hydrogen-bond donors (Lipinski definition) is 2. The third-order valence-corrected chi connectivity index (χ3v) is 2.87. The number of aryl methyl sites for hydroxylation is 2. The Bertz CT molecular complexity index is 580. The van der Waals surface area contributed by atoms with E-state index in [1.54, 1.807) is 12.4 Å². The summed E-state index contributed by atoms with van der Waals surface area (Å²) in [6.07, 6.45) is 4.28. The predicted molar refractivity (Wildman–Crippen MR) is 80.9 cm³/mol. The van der Waals surface area contributed by atoms with E-state index in [2.05, 4.69) is 25.6 Å². The smallest absolute Gasteiger partial charge is 0.239 e. The largest absolute Gasteiger partial charge is 0.354 e. The molecule has 0 aliphatic rings. The zero-order valence-corrected chi connectivity index (χ0v) is 12.3. The first-order valence-electron chi connectivity index (χ1n) is 6.85. The van der Waals surface area contributed by atoms with Gasteiger partial charge in [-0.1, -0.05) is 0 Å². The van der Waals surface area contributed by atoms with Gasteiger partial charge in [-0.05, 0) is 44.0 Å². The Hall–Kier alpha value is -2.50. The molecule has 0 saturated heterocycles. The van der Waals surface area contributed by atoms with E-state index in [0.717, 1.165) is 23.4 Å². The molecule has 0 radical (unpaired) electrons. The molecule has 6 nitrogen and oxygen atoms in total. The summed E-state index contributed by atoms with van der Waals surface area (Å²) in [4.78, 5) is 24.1. The normalized spacial score (nSPS) is 10.2. The number of nitrogens with one attached hydrogen (secondary N) is 2. The second-order valence-electron chi connectivity index (χ2n) is 4.78. The zero-order chi connectivity index (χ0) is 15.1. The summed E-state index contributed by atoms with van der Waals surface area (Å²) in [5.41, 5.74) is 2.90. The third-order valence-electron chi connectivity index (χ3n) is 2.87. The number of carbonyl (C=O) groups excluding carboxylic acids is 1. The van der Waals surface area contributed by atoms with Crippen molar-refractivity contribution >= 4 is 11.9 Å². The topological polar surface area (TPSA) is 79.8 Å². The highest BCUT2D eigenvalue weighted by Crippen LogP contribution is 2.02. The van der Waals surface area contributed by atoms with Gasteiger partial charge in [0, 0.05) is 30.3 Å². The number of pyridine rings is 1. The van der Waals surface area contributed by atoms with E-state index in [0.29, 0.717) is 12.5 Å². The van der Waals surface area contributed by atoms with Gasteiger partial charge in [0.2, 0.25) is 11.9 Å². The van der Waals surface area contributed by atoms with E-state index >= 15 is 0 Å². The summed E-state index contributed by atoms with van der Waals surface area (Å²) in [5.74, 6) is 0.406. The van der Waals surface area contributed by atoms with E-state index in [4.69, 9.17) is 0 Å². The van der Waals surface area contributed by atoms with E-state index < -0.39 is 0 Å². The van der Waals surface area contributed by atoms with Crippen LogP contribution >= 0.6 is 0 Å². The van der Waals surface area contributed by atoms with Crippen LogP contribution in [0.25, 0.3) is 0 Å². The average Bonchev–Trinajstić information content (AvgIpc) is 2.45. The Morgan fingerprint density at radius 1 is 1.14 bits per heavy atom. The fourth-order valence-electron chi connectivity index (χ4n) is 1.92. The molecule has 0 aromatic carbocycles. The molecule has 0 bridgehead atoms. The monoisotopic (exact) mass is 285 g/mol. The van der Waals surface area contributed by atoms with Crippen LogP contribution in [0.5, 0.6) is 0 Å². The molecule has 0 aliphatic carbocycles. The highest BCUT2D eigenvalue weighted by atomic mass is 16.1. The lowest BCUT2D eigenvalue weighted by molar-refractivity contribution is -0.119. The molecule has 0 fully saturated rings. The van der Waals surface area contributed by atoms with Crippen molar-refractivity contribution in [2.75, 3.05) is 18.4 Å². The first kappa shape index (κ1) is 14.9. The summed E-state index contributed by atoms with van der Waals surface area (Å²) in [7, 11) is 0. The lowest BCUT2D eigenvalue weighted by Crippen LogP contribution is -2.31. The summed E-state index contributed by atoms with van der Waals surface area (Å²) in [5, 5.41) is 5.78. The van der Waals surface area contributed by atoms with E-state index in [-0.39, 0.29) is 12.5 Å². The molecule has 2 rings (SSSR count). The second-order valence-corrected chi connectivity index (χ2v) is 4.78. The van der Waals surface area contributed by atoms with Crippen LogP contribution in [0.3, 0.4) is 0 Å². The van der Waals surface area contributed by atoms with Crippen molar-refractivity contribution in [2.24, 2.45) is 0 Å². The fraction of sp³-hybridized carbons (Fsp3) is 0.333. The Morgan fingerprint density at radius 3 is 2.48 bits per heavy atom. The van der Waals surface area contributed by atoms with Crippen LogP contribution in [0, 0.1) is 13.8 Å². The lowest BCUT2D eigenvalue weighted by Gasteiger charge is -2.07. The van der Waals surface area contributed by atoms with Gasteiger partial charge in [0.1, 0.15) is 0 Å². The van der Waals surface area contributed by atoms with E-state index in [1.165, 1.54) is 0 Å². The van der Waals surface area contributed by atoms with Crippen LogP contribution < -0.4 is 10.6 Å². The van der Waals surface area contributed by atoms with Crippen LogP contribution in [-0.2, 0) is 11.2 Å². The zero-order valence-electron chi connectivity index (χ0n) is 12.3. The first-order valence-corrected chi connectivity index (χ1v) is 6.85. The SMILES string of the molecule is Cc1cc(C)nc(NCC(=O)NCCc2ccncc2)n1. The van der Waals surface area contributed by atoms with Gasteiger partial charge in [-0.2, -0.15) is 0 Å². The van der Waals surface area contributed by atoms with Crippen molar-refractivity contribution in [2.45, 2.75) is 20.3 Å². The molecule has 6 heteroatoms. The van der Waals surface area contributed by atoms with Gasteiger partial charge in [0.05, 0.1) is 6.54 Å². The lowest BCUT2D eigenvalue weighted by atomic mass is 10.2. The molecule has 0 spiro atoms. The van der Waals surface area contributed by atoms with Gasteiger partial charge in [-0.25, -0.2) is 9.97 Å². The molecule has 0 saturated carbocycles. The summed E-state index contributed by atoms with van der Waals surface area (Å²) >= 11 is 0. The Kier molecular flexibility index (Phi) is 5.20. The number of anilines is 1. The summed E-state index contributed by atoms with van der Waals surface area (Å²) < 4.78 is 0. The van der Waals surface area contributed by atoms with E-state index in [9.17, 15) is 4.79 Å². The van der Waals surface area contributed by atoms with Crippen LogP contribution in [0.2, 0.25) is 0 Å². The highest BCUT2D eigenvalue weighted by molar-refractivity contribution is 5.80. The molecule has 110 valence electrons. The maximum atomic E-state index is 11.7. The quantitative estimate of drug-likeness (QED) is 0.835. The van der Waals surface area contributed by atoms with Crippen molar-refractivity contribution in [3.8, 4) is 0 Å². The van der Waals surface area contributed by atoms with Crippen LogP contribution in [-0.4, -0.2) is 33.9 Å². The molecule has 0 unspecified atom stereocenters. The number of nitrogens with zero attached hydrogens (tertiary/aromatic N) is 3. The highest BCUT2D eigenvalue weighted by Gasteiger charge is 2.03. The average molecular weight is 285 g/mol. The van der Waals surface area contributed by atoms with Gasteiger partial charge in [0.25, 0.3) is 0 Å². The standard InChI is InChI=1S/C15H19N5O/c1-11-9-12(2)20-15(19-11)18-10-14(21)17-8-5-13-3-6-16-7-4-13/h3-4,6-7,9H,5,8,10H2,1-2H3,(H,17,21)(H,18,19,20). The van der Waals surface area contributed by atoms with Crippen molar-refractivity contribution in [3.05, 3.63) is 47.5 Å². The maximum absolute atomic E-state index is 11.7. The van der Waals surface area contributed by atoms with Gasteiger partial charge in [-0.3, -0.25) is 9.78 Å². The minimum absolute atomic E-state index is 0.0770. The molecule has 2 N–H and O–H groups in total. The number of carbonyl (C=O) groups is 1. The van der Waals surface area contributed by atoms with Gasteiger partial charge in [-0.15, -0.1) is 0 Å². The number of aromatic nitrogens is 3. The summed E-state index contributed by atoms with van der Waals surface area (Å²) in [6.45, 7) is 4.56. The number of rotatable bonds is 6. The molecule has 2 heterocycles. The minimum atomic E-state index is -0.0770. The van der Waals surface area contributed by atoms with Crippen molar-refractivity contribution in [3.63, 3.8) is 0 Å². The first-order chi connectivity index (χ1) is 10.1. The molecule has 2 aromatic rings. The minimum Gasteiger partial charge on any atom is -0.354 e. The van der Waals surface area contributed by atoms with Gasteiger partial charge in [0.15, 0.2) is 0 Å². The van der Waals surface area contributed by atoms with Crippen molar-refractivity contribution < 1.29 is 4.79 Å². The Labute approximate surface area is 124 Å². The molecule has 21 heavy (non-hydrogen) atoms. The molecule has 0 atom stereocenters. The van der Waals surface area contributed by atoms with Gasteiger partial charge >= 0.3 is 0 Å². The molecule has 2 aromatic heterocycles. The van der Waals surface area contributed by atoms with Crippen molar-refractivity contribution in [1.29, 1.82) is 0 Å². The molecular formula is C15H19N5O. The van der Waals surface area contributed by atoms with Crippen LogP contribution in [0.15, 0.2) is 30.6 Å². The summed E-state index contributed by atoms with van der Waals surface area (Å²) in [6, 6.07) is 5.77. The van der Waals surface area contributed by atoms with Crippen molar-refractivity contribution in [1.82, 2.24) is 20.3 Å². The predicted octanol–water partition coefficient (Wildman–Crippen LogP) is 1.26. The molecule has 0 aliphatic heterocycles. The number of amides is 1. The molecular weight excluding hydrogens is 266 g/mol. The van der Waals surface area contributed by atoms with Crippen LogP contribution in [0.4, 0.5) is 5.95 Å². The maximum Gasteiger partial charge on any atom is 0.239 e. The fourth-order valence-corrected chi connectivity index (χ4v) is 1.92. The second kappa shape index (κ2) is 7.33. The van der Waals surface area contributed by atoms with Gasteiger partial charge < -0.3 is 10.6 Å². The molecule has 1 amide bonds. The Morgan fingerprint density at radius 2 is 1.81 bits per heavy atom. The third kappa shape index (κ3) is 5.18. The Balaban J connectivity index is 1.72. The van der Waals surface area contributed by atoms with Crippen LogP contribution in [0.1, 0.15) is 17.0 Å². The van der Waals surface area contributed by atoms with E-state index in [1.807, 2.05) is 32.0 Å².